The Labute approximate surface area is 194 Å². The molecule has 2 aromatic heterocycles. The van der Waals surface area contributed by atoms with Crippen LogP contribution >= 0.6 is 0 Å². The molecular formula is C26H34N6O. The van der Waals surface area contributed by atoms with Crippen LogP contribution in [0.2, 0.25) is 0 Å². The van der Waals surface area contributed by atoms with Crippen LogP contribution in [0.25, 0.3) is 21.8 Å². The predicted molar refractivity (Wildman–Crippen MR) is 133 cm³/mol. The first-order valence-corrected chi connectivity index (χ1v) is 12.4. The number of anilines is 1. The van der Waals surface area contributed by atoms with E-state index >= 15 is 0 Å². The molecule has 3 saturated heterocycles. The highest BCUT2D eigenvalue weighted by atomic mass is 16.1. The first-order valence-electron chi connectivity index (χ1n) is 12.4. The van der Waals surface area contributed by atoms with Gasteiger partial charge in [-0.1, -0.05) is 12.1 Å². The molecule has 3 aliphatic heterocycles. The third kappa shape index (κ3) is 3.58. The van der Waals surface area contributed by atoms with E-state index in [0.29, 0.717) is 16.9 Å². The molecule has 6 rings (SSSR count). The Balaban J connectivity index is 1.45. The Kier molecular flexibility index (Phi) is 5.07. The van der Waals surface area contributed by atoms with Gasteiger partial charge in [0.1, 0.15) is 5.82 Å². The third-order valence-corrected chi connectivity index (χ3v) is 8.38. The summed E-state index contributed by atoms with van der Waals surface area (Å²) in [5, 5.41) is 5.74. The van der Waals surface area contributed by atoms with Crippen molar-refractivity contribution < 1.29 is 4.79 Å². The number of nitrogens with two attached hydrogens (primary N) is 1. The van der Waals surface area contributed by atoms with Crippen LogP contribution in [0, 0.1) is 5.41 Å². The summed E-state index contributed by atoms with van der Waals surface area (Å²) >= 11 is 0. The summed E-state index contributed by atoms with van der Waals surface area (Å²) < 4.78 is 0. The molecule has 5 heterocycles. The van der Waals surface area contributed by atoms with Gasteiger partial charge < -0.3 is 25.8 Å². The number of piperidine rings is 2. The van der Waals surface area contributed by atoms with Gasteiger partial charge in [-0.25, -0.2) is 4.98 Å². The number of aromatic nitrogens is 2. The molecule has 0 bridgehead atoms. The van der Waals surface area contributed by atoms with Crippen LogP contribution in [0.3, 0.4) is 0 Å². The molecule has 0 aliphatic carbocycles. The fourth-order valence-electron chi connectivity index (χ4n) is 6.46. The first kappa shape index (κ1) is 20.9. The number of benzene rings is 1. The van der Waals surface area contributed by atoms with E-state index in [9.17, 15) is 4.79 Å². The van der Waals surface area contributed by atoms with Gasteiger partial charge in [-0.2, -0.15) is 0 Å². The lowest BCUT2D eigenvalue weighted by Gasteiger charge is -2.41. The number of pyridine rings is 1. The van der Waals surface area contributed by atoms with Gasteiger partial charge in [-0.3, -0.25) is 4.79 Å². The number of amides is 1. The number of nitrogens with zero attached hydrogens (tertiary/aromatic N) is 3. The lowest BCUT2D eigenvalue weighted by molar-refractivity contribution is 0.100. The van der Waals surface area contributed by atoms with Crippen LogP contribution in [0.4, 0.5) is 5.82 Å². The van der Waals surface area contributed by atoms with Gasteiger partial charge in [-0.05, 0) is 76.3 Å². The second-order valence-electron chi connectivity index (χ2n) is 10.6. The highest BCUT2D eigenvalue weighted by molar-refractivity contribution is 6.18. The van der Waals surface area contributed by atoms with Crippen LogP contribution < -0.4 is 16.0 Å². The molecule has 174 valence electrons. The van der Waals surface area contributed by atoms with E-state index in [4.69, 9.17) is 10.7 Å². The Hall–Kier alpha value is -2.64. The molecule has 1 unspecified atom stereocenters. The fraction of sp³-hybridized carbons (Fsp3) is 0.538. The maximum atomic E-state index is 12.3. The second-order valence-corrected chi connectivity index (χ2v) is 10.6. The number of carbonyl (C=O) groups is 1. The smallest absolute Gasteiger partial charge is 0.252 e. The summed E-state index contributed by atoms with van der Waals surface area (Å²) in [6.07, 6.45) is 7.70. The Bertz CT molecular complexity index is 1200. The standard InChI is InChI=1S/C26H34N6O/c1-31-11-5-17(6-12-31)18-3-4-19-21(13-18)30-23-20(24(27)33)14-29-25(22(19)23)32-10-2-7-26(16-32)8-9-28-15-26/h3-4,13-14,17,28,30H,2,5-12,15-16H2,1H3,(H2,27,33). The topological polar surface area (TPSA) is 90.3 Å². The average Bonchev–Trinajstić information content (AvgIpc) is 3.43. The molecule has 3 aliphatic rings. The Morgan fingerprint density at radius 2 is 2.06 bits per heavy atom. The molecule has 1 amide bonds. The number of primary amides is 1. The molecule has 0 radical (unpaired) electrons. The van der Waals surface area contributed by atoms with E-state index in [2.05, 4.69) is 45.3 Å². The molecule has 7 heteroatoms. The highest BCUT2D eigenvalue weighted by Gasteiger charge is 2.39. The fourth-order valence-corrected chi connectivity index (χ4v) is 6.46. The molecule has 3 aromatic rings. The van der Waals surface area contributed by atoms with Gasteiger partial charge >= 0.3 is 0 Å². The van der Waals surface area contributed by atoms with Crippen molar-refractivity contribution in [1.29, 1.82) is 0 Å². The van der Waals surface area contributed by atoms with Crippen molar-refractivity contribution in [2.24, 2.45) is 11.1 Å². The third-order valence-electron chi connectivity index (χ3n) is 8.38. The number of hydrogen-bond acceptors (Lipinski definition) is 5. The van der Waals surface area contributed by atoms with Crippen LogP contribution in [-0.4, -0.2) is 67.1 Å². The van der Waals surface area contributed by atoms with E-state index in [1.807, 2.05) is 0 Å². The molecule has 1 aromatic carbocycles. The largest absolute Gasteiger partial charge is 0.365 e. The van der Waals surface area contributed by atoms with Crippen LogP contribution in [0.15, 0.2) is 24.4 Å². The lowest BCUT2D eigenvalue weighted by Crippen LogP contribution is -2.45. The number of nitrogens with one attached hydrogen (secondary N) is 2. The molecule has 1 spiro atoms. The quantitative estimate of drug-likeness (QED) is 0.575. The molecule has 33 heavy (non-hydrogen) atoms. The molecule has 1 atom stereocenters. The monoisotopic (exact) mass is 446 g/mol. The van der Waals surface area contributed by atoms with Crippen molar-refractivity contribution in [3.8, 4) is 0 Å². The SMILES string of the molecule is CN1CCC(c2ccc3c(c2)[nH]c2c(C(N)=O)cnc(N4CCCC5(CCNC5)C4)c23)CC1. The average molecular weight is 447 g/mol. The molecule has 0 saturated carbocycles. The molecule has 3 fully saturated rings. The number of aromatic amines is 1. The summed E-state index contributed by atoms with van der Waals surface area (Å²) in [4.78, 5) is 25.5. The molecular weight excluding hydrogens is 412 g/mol. The number of rotatable bonds is 3. The summed E-state index contributed by atoms with van der Waals surface area (Å²) in [5.41, 5.74) is 9.85. The minimum absolute atomic E-state index is 0.335. The van der Waals surface area contributed by atoms with Crippen molar-refractivity contribution in [1.82, 2.24) is 20.2 Å². The normalized spacial score (nSPS) is 24.9. The summed E-state index contributed by atoms with van der Waals surface area (Å²) in [6, 6.07) is 6.80. The van der Waals surface area contributed by atoms with Crippen molar-refractivity contribution >= 4 is 33.5 Å². The minimum Gasteiger partial charge on any atom is -0.365 e. The van der Waals surface area contributed by atoms with E-state index < -0.39 is 5.91 Å². The Morgan fingerprint density at radius 3 is 2.82 bits per heavy atom. The van der Waals surface area contributed by atoms with Crippen molar-refractivity contribution in [3.63, 3.8) is 0 Å². The van der Waals surface area contributed by atoms with Gasteiger partial charge in [0.15, 0.2) is 0 Å². The van der Waals surface area contributed by atoms with Crippen LogP contribution in [0.5, 0.6) is 0 Å². The van der Waals surface area contributed by atoms with Crippen LogP contribution in [-0.2, 0) is 0 Å². The number of likely N-dealkylation sites (tertiary alicyclic amines) is 1. The maximum absolute atomic E-state index is 12.3. The zero-order valence-electron chi connectivity index (χ0n) is 19.5. The van der Waals surface area contributed by atoms with Crippen molar-refractivity contribution in [2.75, 3.05) is 51.2 Å². The predicted octanol–water partition coefficient (Wildman–Crippen LogP) is 3.20. The Morgan fingerprint density at radius 1 is 1.21 bits per heavy atom. The number of fused-ring (bicyclic) bond motifs is 3. The van der Waals surface area contributed by atoms with Gasteiger partial charge in [0.2, 0.25) is 0 Å². The highest BCUT2D eigenvalue weighted by Crippen LogP contribution is 2.41. The van der Waals surface area contributed by atoms with Crippen LogP contribution in [0.1, 0.15) is 53.9 Å². The van der Waals surface area contributed by atoms with Gasteiger partial charge in [0.05, 0.1) is 16.5 Å². The van der Waals surface area contributed by atoms with E-state index in [1.165, 1.54) is 37.7 Å². The van der Waals surface area contributed by atoms with Crippen molar-refractivity contribution in [3.05, 3.63) is 35.5 Å². The molecule has 4 N–H and O–H groups in total. The molecule has 7 nitrogen and oxygen atoms in total. The zero-order chi connectivity index (χ0) is 22.6. The van der Waals surface area contributed by atoms with E-state index in [1.54, 1.807) is 6.20 Å². The second kappa shape index (κ2) is 7.99. The summed E-state index contributed by atoms with van der Waals surface area (Å²) in [5.74, 6) is 1.14. The summed E-state index contributed by atoms with van der Waals surface area (Å²) in [7, 11) is 2.20. The van der Waals surface area contributed by atoms with Crippen molar-refractivity contribution in [2.45, 2.75) is 38.0 Å². The van der Waals surface area contributed by atoms with Gasteiger partial charge in [-0.15, -0.1) is 0 Å². The zero-order valence-corrected chi connectivity index (χ0v) is 19.5. The maximum Gasteiger partial charge on any atom is 0.252 e. The summed E-state index contributed by atoms with van der Waals surface area (Å²) in [6.45, 7) is 6.48. The lowest BCUT2D eigenvalue weighted by atomic mass is 9.79. The van der Waals surface area contributed by atoms with E-state index in [-0.39, 0.29) is 0 Å². The van der Waals surface area contributed by atoms with E-state index in [0.717, 1.165) is 66.9 Å². The number of hydrogen-bond donors (Lipinski definition) is 3. The number of carbonyl (C=O) groups excluding carboxylic acids is 1. The number of H-pyrrole nitrogens is 1. The first-order chi connectivity index (χ1) is 16.0. The van der Waals surface area contributed by atoms with Gasteiger partial charge in [0, 0.05) is 42.1 Å². The van der Waals surface area contributed by atoms with Gasteiger partial charge in [0.25, 0.3) is 5.91 Å². The minimum atomic E-state index is -0.434.